The second kappa shape index (κ2) is 8.28. The number of halogens is 2. The maximum atomic E-state index is 13.7. The van der Waals surface area contributed by atoms with Crippen molar-refractivity contribution in [3.8, 4) is 17.1 Å². The molecule has 0 aliphatic rings. The Kier molecular flexibility index (Phi) is 5.82. The molecule has 0 unspecified atom stereocenters. The Balaban J connectivity index is 1.64. The lowest BCUT2D eigenvalue weighted by Crippen LogP contribution is -2.17. The molecule has 3 aromatic rings. The predicted molar refractivity (Wildman–Crippen MR) is 103 cm³/mol. The summed E-state index contributed by atoms with van der Waals surface area (Å²) >= 11 is 6.77. The Hall–Kier alpha value is -2.78. The molecule has 2 aromatic carbocycles. The van der Waals surface area contributed by atoms with Gasteiger partial charge in [-0.25, -0.2) is 9.07 Å². The largest absolute Gasteiger partial charge is 0.497 e. The van der Waals surface area contributed by atoms with Crippen molar-refractivity contribution < 1.29 is 13.9 Å². The Bertz CT molecular complexity index is 964. The summed E-state index contributed by atoms with van der Waals surface area (Å²) in [5.41, 5.74) is 0.809. The highest BCUT2D eigenvalue weighted by atomic mass is 35.5. The summed E-state index contributed by atoms with van der Waals surface area (Å²) in [6.07, 6.45) is 0. The molecule has 1 amide bonds. The van der Waals surface area contributed by atoms with E-state index in [1.54, 1.807) is 31.4 Å². The smallest absolute Gasteiger partial charge is 0.234 e. The van der Waals surface area contributed by atoms with Gasteiger partial charge in [0.2, 0.25) is 11.1 Å². The van der Waals surface area contributed by atoms with E-state index in [2.05, 4.69) is 15.5 Å². The van der Waals surface area contributed by atoms with Gasteiger partial charge in [-0.15, -0.1) is 10.2 Å². The summed E-state index contributed by atoms with van der Waals surface area (Å²) in [6.45, 7) is 0. The fourth-order valence-electron chi connectivity index (χ4n) is 2.22. The number of benzene rings is 2. The topological polar surface area (TPSA) is 95.1 Å². The average Bonchev–Trinajstić information content (AvgIpc) is 3.03. The molecule has 0 saturated heterocycles. The molecule has 1 aromatic heterocycles. The molecule has 0 saturated carbocycles. The van der Waals surface area contributed by atoms with E-state index in [4.69, 9.17) is 22.2 Å². The van der Waals surface area contributed by atoms with Gasteiger partial charge < -0.3 is 15.9 Å². The standard InChI is InChI=1S/C17H15ClFN5O2S/c1-26-12-5-2-10(3-6-12)16-22-23-17(24(16)20)27-9-15(25)21-14-7-4-11(18)8-13(14)19/h2-8H,9,20H2,1H3,(H,21,25). The number of amides is 1. The molecule has 0 aliphatic carbocycles. The first kappa shape index (κ1) is 19.0. The van der Waals surface area contributed by atoms with Gasteiger partial charge in [-0.1, -0.05) is 23.4 Å². The minimum absolute atomic E-state index is 0.0139. The molecule has 0 fully saturated rings. The molecule has 3 rings (SSSR count). The lowest BCUT2D eigenvalue weighted by molar-refractivity contribution is -0.113. The monoisotopic (exact) mass is 407 g/mol. The molecule has 0 spiro atoms. The molecule has 140 valence electrons. The predicted octanol–water partition coefficient (Wildman–Crippen LogP) is 3.19. The summed E-state index contributed by atoms with van der Waals surface area (Å²) in [4.78, 5) is 12.0. The quantitative estimate of drug-likeness (QED) is 0.481. The molecule has 1 heterocycles. The van der Waals surface area contributed by atoms with Crippen LogP contribution < -0.4 is 15.9 Å². The second-order valence-electron chi connectivity index (χ2n) is 5.37. The first-order valence-electron chi connectivity index (χ1n) is 7.70. The number of carbonyl (C=O) groups is 1. The number of anilines is 1. The minimum Gasteiger partial charge on any atom is -0.497 e. The second-order valence-corrected chi connectivity index (χ2v) is 6.74. The van der Waals surface area contributed by atoms with Crippen LogP contribution in [0.5, 0.6) is 5.75 Å². The average molecular weight is 408 g/mol. The van der Waals surface area contributed by atoms with Crippen LogP contribution in [0, 0.1) is 5.82 Å². The number of aromatic nitrogens is 3. The van der Waals surface area contributed by atoms with E-state index in [-0.39, 0.29) is 16.5 Å². The van der Waals surface area contributed by atoms with E-state index in [0.717, 1.165) is 23.4 Å². The number of thioether (sulfide) groups is 1. The van der Waals surface area contributed by atoms with Crippen LogP contribution in [0.4, 0.5) is 10.1 Å². The molecule has 3 N–H and O–H groups in total. The summed E-state index contributed by atoms with van der Waals surface area (Å²) in [5, 5.41) is 11.1. The van der Waals surface area contributed by atoms with Crippen LogP contribution in [0.25, 0.3) is 11.4 Å². The molecule has 0 bridgehead atoms. The number of rotatable bonds is 6. The van der Waals surface area contributed by atoms with Gasteiger partial charge in [-0.05, 0) is 42.5 Å². The Labute approximate surface area is 163 Å². The van der Waals surface area contributed by atoms with Gasteiger partial charge in [0.15, 0.2) is 5.82 Å². The number of nitrogens with zero attached hydrogens (tertiary/aromatic N) is 3. The maximum absolute atomic E-state index is 13.7. The highest BCUT2D eigenvalue weighted by Gasteiger charge is 2.15. The molecule has 0 atom stereocenters. The lowest BCUT2D eigenvalue weighted by atomic mass is 10.2. The van der Waals surface area contributed by atoms with Gasteiger partial charge in [0.1, 0.15) is 11.6 Å². The molecular weight excluding hydrogens is 393 g/mol. The van der Waals surface area contributed by atoms with Crippen LogP contribution in [-0.2, 0) is 4.79 Å². The van der Waals surface area contributed by atoms with Crippen molar-refractivity contribution in [2.75, 3.05) is 24.0 Å². The van der Waals surface area contributed by atoms with Crippen LogP contribution in [0.15, 0.2) is 47.6 Å². The van der Waals surface area contributed by atoms with Gasteiger partial charge in [0.25, 0.3) is 0 Å². The van der Waals surface area contributed by atoms with Crippen molar-refractivity contribution in [1.82, 2.24) is 14.9 Å². The maximum Gasteiger partial charge on any atom is 0.234 e. The third kappa shape index (κ3) is 4.50. The minimum atomic E-state index is -0.607. The van der Waals surface area contributed by atoms with Gasteiger partial charge in [-0.2, -0.15) is 0 Å². The Morgan fingerprint density at radius 3 is 2.70 bits per heavy atom. The van der Waals surface area contributed by atoms with Crippen molar-refractivity contribution in [1.29, 1.82) is 0 Å². The third-order valence-electron chi connectivity index (χ3n) is 3.55. The highest BCUT2D eigenvalue weighted by Crippen LogP contribution is 2.24. The van der Waals surface area contributed by atoms with Gasteiger partial charge in [-0.3, -0.25) is 4.79 Å². The van der Waals surface area contributed by atoms with Crippen molar-refractivity contribution in [2.45, 2.75) is 5.16 Å². The third-order valence-corrected chi connectivity index (χ3v) is 4.73. The van der Waals surface area contributed by atoms with Crippen LogP contribution in [0.3, 0.4) is 0 Å². The normalized spacial score (nSPS) is 10.6. The van der Waals surface area contributed by atoms with E-state index in [0.29, 0.717) is 16.7 Å². The zero-order valence-electron chi connectivity index (χ0n) is 14.1. The fourth-order valence-corrected chi connectivity index (χ4v) is 3.03. The van der Waals surface area contributed by atoms with E-state index in [1.165, 1.54) is 16.8 Å². The molecular formula is C17H15ClFN5O2S. The first-order valence-corrected chi connectivity index (χ1v) is 9.07. The number of hydrogen-bond donors (Lipinski definition) is 2. The first-order chi connectivity index (χ1) is 13.0. The molecule has 7 nitrogen and oxygen atoms in total. The summed E-state index contributed by atoms with van der Waals surface area (Å²) in [5.74, 6) is 6.15. The summed E-state index contributed by atoms with van der Waals surface area (Å²) in [7, 11) is 1.58. The number of nitrogen functional groups attached to an aromatic ring is 1. The van der Waals surface area contributed by atoms with Crippen LogP contribution in [0.2, 0.25) is 5.02 Å². The van der Waals surface area contributed by atoms with Gasteiger partial charge >= 0.3 is 0 Å². The molecule has 27 heavy (non-hydrogen) atoms. The Morgan fingerprint density at radius 2 is 2.04 bits per heavy atom. The molecule has 10 heteroatoms. The Morgan fingerprint density at radius 1 is 1.30 bits per heavy atom. The van der Waals surface area contributed by atoms with Crippen molar-refractivity contribution in [3.63, 3.8) is 0 Å². The van der Waals surface area contributed by atoms with E-state index < -0.39 is 11.7 Å². The van der Waals surface area contributed by atoms with E-state index in [1.807, 2.05) is 0 Å². The zero-order valence-corrected chi connectivity index (χ0v) is 15.7. The van der Waals surface area contributed by atoms with Crippen LogP contribution >= 0.6 is 23.4 Å². The summed E-state index contributed by atoms with van der Waals surface area (Å²) in [6, 6.07) is 11.2. The van der Waals surface area contributed by atoms with Crippen LogP contribution in [-0.4, -0.2) is 33.6 Å². The summed E-state index contributed by atoms with van der Waals surface area (Å²) < 4.78 is 20.1. The van der Waals surface area contributed by atoms with Crippen LogP contribution in [0.1, 0.15) is 0 Å². The highest BCUT2D eigenvalue weighted by molar-refractivity contribution is 7.99. The van der Waals surface area contributed by atoms with Gasteiger partial charge in [0.05, 0.1) is 18.6 Å². The SMILES string of the molecule is COc1ccc(-c2nnc(SCC(=O)Nc3ccc(Cl)cc3F)n2N)cc1. The molecule has 0 aliphatic heterocycles. The number of hydrogen-bond acceptors (Lipinski definition) is 6. The number of nitrogens with two attached hydrogens (primary N) is 1. The number of methoxy groups -OCH3 is 1. The number of nitrogens with one attached hydrogen (secondary N) is 1. The van der Waals surface area contributed by atoms with Crippen molar-refractivity contribution in [2.24, 2.45) is 0 Å². The lowest BCUT2D eigenvalue weighted by Gasteiger charge is -2.07. The zero-order chi connectivity index (χ0) is 19.4. The van der Waals surface area contributed by atoms with E-state index >= 15 is 0 Å². The van der Waals surface area contributed by atoms with Crippen molar-refractivity contribution >= 4 is 35.0 Å². The number of ether oxygens (including phenoxy) is 1. The van der Waals surface area contributed by atoms with Crippen molar-refractivity contribution in [3.05, 3.63) is 53.3 Å². The molecule has 0 radical (unpaired) electrons. The van der Waals surface area contributed by atoms with E-state index in [9.17, 15) is 9.18 Å². The number of carbonyl (C=O) groups excluding carboxylic acids is 1. The fraction of sp³-hybridized carbons (Fsp3) is 0.118. The van der Waals surface area contributed by atoms with Gasteiger partial charge in [0, 0.05) is 10.6 Å².